The van der Waals surface area contributed by atoms with Crippen LogP contribution in [0.15, 0.2) is 4.99 Å². The van der Waals surface area contributed by atoms with Gasteiger partial charge in [0.25, 0.3) is 0 Å². The lowest BCUT2D eigenvalue weighted by Crippen LogP contribution is -2.43. The van der Waals surface area contributed by atoms with Crippen LogP contribution in [0.1, 0.15) is 33.6 Å². The van der Waals surface area contributed by atoms with E-state index in [1.165, 1.54) is 7.11 Å². The predicted octanol–water partition coefficient (Wildman–Crippen LogP) is 1.60. The summed E-state index contributed by atoms with van der Waals surface area (Å²) in [4.78, 5) is 29.4. The monoisotopic (exact) mass is 312 g/mol. The van der Waals surface area contributed by atoms with Crippen molar-refractivity contribution in [1.82, 2.24) is 4.90 Å². The molecule has 1 fully saturated rings. The molecule has 2 rings (SSSR count). The number of rotatable bonds is 2. The molecule has 0 saturated carbocycles. The molecule has 7 nitrogen and oxygen atoms in total. The molecule has 1 saturated heterocycles. The molecule has 0 aromatic carbocycles. The largest absolute Gasteiger partial charge is 0.464 e. The van der Waals surface area contributed by atoms with Gasteiger partial charge in [-0.05, 0) is 33.6 Å². The zero-order valence-corrected chi connectivity index (χ0v) is 13.6. The summed E-state index contributed by atoms with van der Waals surface area (Å²) in [5.74, 6) is -0.227. The van der Waals surface area contributed by atoms with E-state index in [-0.39, 0.29) is 24.8 Å². The molecule has 1 unspecified atom stereocenters. The first-order valence-corrected chi connectivity index (χ1v) is 7.54. The lowest BCUT2D eigenvalue weighted by Gasteiger charge is -2.34. The van der Waals surface area contributed by atoms with E-state index in [2.05, 4.69) is 9.73 Å². The number of likely N-dealkylation sites (tertiary alicyclic amines) is 1. The van der Waals surface area contributed by atoms with Gasteiger partial charge in [0.2, 0.25) is 0 Å². The molecule has 1 atom stereocenters. The third kappa shape index (κ3) is 4.19. The summed E-state index contributed by atoms with van der Waals surface area (Å²) < 4.78 is 15.6. The summed E-state index contributed by atoms with van der Waals surface area (Å²) >= 11 is 0. The zero-order valence-electron chi connectivity index (χ0n) is 13.6. The highest BCUT2D eigenvalue weighted by atomic mass is 16.6. The molecule has 0 N–H and O–H groups in total. The van der Waals surface area contributed by atoms with Gasteiger partial charge in [0.05, 0.1) is 13.7 Å². The van der Waals surface area contributed by atoms with E-state index < -0.39 is 11.6 Å². The number of hydrogen-bond donors (Lipinski definition) is 0. The van der Waals surface area contributed by atoms with Crippen molar-refractivity contribution in [3.63, 3.8) is 0 Å². The smallest absolute Gasteiger partial charge is 0.410 e. The van der Waals surface area contributed by atoms with Crippen LogP contribution >= 0.6 is 0 Å². The second-order valence-electron chi connectivity index (χ2n) is 6.57. The number of esters is 1. The minimum Gasteiger partial charge on any atom is -0.464 e. The predicted molar refractivity (Wildman–Crippen MR) is 79.7 cm³/mol. The van der Waals surface area contributed by atoms with Crippen LogP contribution in [0.2, 0.25) is 0 Å². The van der Waals surface area contributed by atoms with Crippen LogP contribution < -0.4 is 0 Å². The fraction of sp³-hybridized carbons (Fsp3) is 0.800. The van der Waals surface area contributed by atoms with Gasteiger partial charge in [-0.3, -0.25) is 0 Å². The Kier molecular flexibility index (Phi) is 5.05. The number of aliphatic imine (C=N–C) groups is 1. The van der Waals surface area contributed by atoms with Crippen LogP contribution in [-0.4, -0.2) is 61.3 Å². The maximum absolute atomic E-state index is 12.0. The first-order valence-electron chi connectivity index (χ1n) is 7.54. The van der Waals surface area contributed by atoms with Crippen molar-refractivity contribution in [2.45, 2.75) is 45.4 Å². The summed E-state index contributed by atoms with van der Waals surface area (Å²) in [5.41, 5.74) is -0.149. The number of carbonyl (C=O) groups excluding carboxylic acids is 2. The number of amides is 1. The third-order valence-corrected chi connectivity index (χ3v) is 3.69. The van der Waals surface area contributed by atoms with Gasteiger partial charge in [0.15, 0.2) is 6.23 Å². The first kappa shape index (κ1) is 16.7. The Balaban J connectivity index is 1.84. The molecule has 0 spiro atoms. The van der Waals surface area contributed by atoms with E-state index in [9.17, 15) is 9.59 Å². The van der Waals surface area contributed by atoms with Gasteiger partial charge in [-0.2, -0.15) is 0 Å². The van der Waals surface area contributed by atoms with E-state index >= 15 is 0 Å². The summed E-state index contributed by atoms with van der Waals surface area (Å²) in [5, 5.41) is 0. The second-order valence-corrected chi connectivity index (χ2v) is 6.57. The number of carbonyl (C=O) groups is 2. The van der Waals surface area contributed by atoms with Crippen molar-refractivity contribution < 1.29 is 23.8 Å². The summed E-state index contributed by atoms with van der Waals surface area (Å²) in [6.07, 6.45) is 0.968. The van der Waals surface area contributed by atoms with Gasteiger partial charge in [-0.25, -0.2) is 14.6 Å². The van der Waals surface area contributed by atoms with E-state index in [0.717, 1.165) is 12.8 Å². The quantitative estimate of drug-likeness (QED) is 0.724. The maximum atomic E-state index is 12.0. The topological polar surface area (TPSA) is 77.4 Å². The van der Waals surface area contributed by atoms with Crippen LogP contribution in [0, 0.1) is 5.92 Å². The van der Waals surface area contributed by atoms with Crippen molar-refractivity contribution in [3.8, 4) is 0 Å². The zero-order chi connectivity index (χ0) is 16.3. The molecular formula is C15H24N2O5. The molecule has 0 bridgehead atoms. The van der Waals surface area contributed by atoms with Crippen molar-refractivity contribution in [3.05, 3.63) is 0 Å². The third-order valence-electron chi connectivity index (χ3n) is 3.69. The number of nitrogens with zero attached hydrogens (tertiary/aromatic N) is 2. The molecule has 2 aliphatic rings. The summed E-state index contributed by atoms with van der Waals surface area (Å²) in [7, 11) is 1.33. The van der Waals surface area contributed by atoms with Crippen LogP contribution in [0.3, 0.4) is 0 Å². The molecule has 1 amide bonds. The van der Waals surface area contributed by atoms with Gasteiger partial charge >= 0.3 is 12.1 Å². The summed E-state index contributed by atoms with van der Waals surface area (Å²) in [6.45, 7) is 6.99. The van der Waals surface area contributed by atoms with E-state index in [1.54, 1.807) is 4.90 Å². The minimum absolute atomic E-state index is 0.198. The van der Waals surface area contributed by atoms with Crippen LogP contribution in [0.4, 0.5) is 4.79 Å². The molecule has 7 heteroatoms. The van der Waals surface area contributed by atoms with Crippen molar-refractivity contribution in [1.29, 1.82) is 0 Å². The Hall–Kier alpha value is -1.63. The standard InChI is InChI=1S/C15H24N2O5/c1-15(2,3)22-14(19)17-7-5-10(6-8-17)12-16-11(9-21-12)13(18)20-4/h10,12H,5-9H2,1-4H3. The van der Waals surface area contributed by atoms with E-state index in [0.29, 0.717) is 18.8 Å². The molecule has 0 aliphatic carbocycles. The number of hydrogen-bond acceptors (Lipinski definition) is 6. The normalized spacial score (nSPS) is 23.2. The lowest BCUT2D eigenvalue weighted by molar-refractivity contribution is -0.132. The minimum atomic E-state index is -0.484. The molecule has 0 aromatic heterocycles. The van der Waals surface area contributed by atoms with Crippen LogP contribution in [0.25, 0.3) is 0 Å². The van der Waals surface area contributed by atoms with Gasteiger partial charge in [0.1, 0.15) is 11.3 Å². The fourth-order valence-corrected chi connectivity index (χ4v) is 2.56. The van der Waals surface area contributed by atoms with Crippen LogP contribution in [0.5, 0.6) is 0 Å². The van der Waals surface area contributed by atoms with Crippen molar-refractivity contribution in [2.75, 3.05) is 26.8 Å². The number of piperidine rings is 1. The SMILES string of the molecule is COC(=O)C1=NC(C2CCN(C(=O)OC(C)(C)C)CC2)OC1. The Morgan fingerprint density at radius 3 is 2.45 bits per heavy atom. The van der Waals surface area contributed by atoms with E-state index in [4.69, 9.17) is 9.47 Å². The van der Waals surface area contributed by atoms with Gasteiger partial charge < -0.3 is 19.1 Å². The number of ether oxygens (including phenoxy) is 3. The Bertz CT molecular complexity index is 461. The second kappa shape index (κ2) is 6.64. The molecule has 2 heterocycles. The average Bonchev–Trinajstić information content (AvgIpc) is 2.94. The molecule has 0 radical (unpaired) electrons. The molecule has 124 valence electrons. The van der Waals surface area contributed by atoms with E-state index in [1.807, 2.05) is 20.8 Å². The van der Waals surface area contributed by atoms with Crippen LogP contribution in [-0.2, 0) is 19.0 Å². The Morgan fingerprint density at radius 2 is 1.91 bits per heavy atom. The highest BCUT2D eigenvalue weighted by Crippen LogP contribution is 2.27. The summed E-state index contributed by atoms with van der Waals surface area (Å²) in [6, 6.07) is 0. The highest BCUT2D eigenvalue weighted by Gasteiger charge is 2.34. The van der Waals surface area contributed by atoms with Crippen molar-refractivity contribution in [2.24, 2.45) is 10.9 Å². The molecule has 0 aromatic rings. The number of methoxy groups -OCH3 is 1. The fourth-order valence-electron chi connectivity index (χ4n) is 2.56. The van der Waals surface area contributed by atoms with Gasteiger partial charge in [-0.1, -0.05) is 0 Å². The molecule has 22 heavy (non-hydrogen) atoms. The molecule has 2 aliphatic heterocycles. The lowest BCUT2D eigenvalue weighted by atomic mass is 9.95. The first-order chi connectivity index (χ1) is 10.3. The Labute approximate surface area is 130 Å². The maximum Gasteiger partial charge on any atom is 0.410 e. The highest BCUT2D eigenvalue weighted by molar-refractivity contribution is 6.37. The van der Waals surface area contributed by atoms with Gasteiger partial charge in [0, 0.05) is 19.0 Å². The Morgan fingerprint density at radius 1 is 1.27 bits per heavy atom. The molecular weight excluding hydrogens is 288 g/mol. The van der Waals surface area contributed by atoms with Crippen molar-refractivity contribution >= 4 is 17.8 Å². The van der Waals surface area contributed by atoms with Gasteiger partial charge in [-0.15, -0.1) is 0 Å². The average molecular weight is 312 g/mol.